The van der Waals surface area contributed by atoms with Gasteiger partial charge in [0, 0.05) is 29.4 Å². The van der Waals surface area contributed by atoms with Crippen molar-refractivity contribution in [1.82, 2.24) is 0 Å². The summed E-state index contributed by atoms with van der Waals surface area (Å²) >= 11 is 0. The minimum absolute atomic E-state index is 0.0721. The van der Waals surface area contributed by atoms with Crippen LogP contribution in [0.2, 0.25) is 0 Å². The second kappa shape index (κ2) is 7.28. The minimum Gasteiger partial charge on any atom is -0.440 e. The van der Waals surface area contributed by atoms with E-state index in [2.05, 4.69) is 4.90 Å². The maximum Gasteiger partial charge on any atom is 0.305 e. The average molecular weight is 385 g/mol. The monoisotopic (exact) mass is 385 g/mol. The molecule has 1 saturated heterocycles. The molecule has 0 radical (unpaired) electrons. The van der Waals surface area contributed by atoms with Crippen LogP contribution in [0.5, 0.6) is 11.5 Å². The lowest BCUT2D eigenvalue weighted by Gasteiger charge is -2.34. The molecule has 3 aromatic rings. The van der Waals surface area contributed by atoms with Crippen LogP contribution in [-0.4, -0.2) is 18.9 Å². The number of hydrogen-bond donors (Lipinski definition) is 0. The first-order valence-electron chi connectivity index (χ1n) is 10.2. The molecule has 0 amide bonds. The molecule has 0 spiro atoms. The van der Waals surface area contributed by atoms with Crippen LogP contribution in [0.25, 0.3) is 0 Å². The number of benzene rings is 3. The highest BCUT2D eigenvalue weighted by molar-refractivity contribution is 5.68. The normalized spacial score (nSPS) is 19.7. The number of piperidine rings is 1. The van der Waals surface area contributed by atoms with E-state index in [9.17, 15) is 4.79 Å². The van der Waals surface area contributed by atoms with Gasteiger partial charge in [-0.2, -0.15) is 0 Å². The molecule has 0 aliphatic carbocycles. The Labute approximate surface area is 170 Å². The SMILES string of the molecule is O=CC1CCCCN1c1ccc2c(c1)OC(c1ccccc1)(c1ccccc1)O2. The predicted molar refractivity (Wildman–Crippen MR) is 112 cm³/mol. The van der Waals surface area contributed by atoms with E-state index in [-0.39, 0.29) is 6.04 Å². The Kier molecular flexibility index (Phi) is 4.47. The number of carbonyl (C=O) groups is 1. The zero-order valence-corrected chi connectivity index (χ0v) is 16.2. The largest absolute Gasteiger partial charge is 0.440 e. The summed E-state index contributed by atoms with van der Waals surface area (Å²) in [5.41, 5.74) is 2.88. The van der Waals surface area contributed by atoms with Crippen molar-refractivity contribution >= 4 is 12.0 Å². The van der Waals surface area contributed by atoms with Gasteiger partial charge in [0.15, 0.2) is 11.5 Å². The Morgan fingerprint density at radius 3 is 2.14 bits per heavy atom. The number of nitrogens with zero attached hydrogens (tertiary/aromatic N) is 1. The van der Waals surface area contributed by atoms with Crippen molar-refractivity contribution in [3.8, 4) is 11.5 Å². The topological polar surface area (TPSA) is 38.8 Å². The number of ether oxygens (including phenoxy) is 2. The zero-order chi connectivity index (χ0) is 19.7. The van der Waals surface area contributed by atoms with Gasteiger partial charge in [0.05, 0.1) is 6.04 Å². The summed E-state index contributed by atoms with van der Waals surface area (Å²) in [5.74, 6) is 0.390. The third kappa shape index (κ3) is 3.05. The molecule has 4 heteroatoms. The average Bonchev–Trinajstić information content (AvgIpc) is 3.20. The molecule has 4 nitrogen and oxygen atoms in total. The van der Waals surface area contributed by atoms with Gasteiger partial charge in [0.1, 0.15) is 6.29 Å². The molecule has 2 aliphatic heterocycles. The first kappa shape index (κ1) is 17.8. The highest BCUT2D eigenvalue weighted by Gasteiger charge is 2.45. The highest BCUT2D eigenvalue weighted by Crippen LogP contribution is 2.49. The van der Waals surface area contributed by atoms with E-state index in [1.165, 1.54) is 0 Å². The third-order valence-corrected chi connectivity index (χ3v) is 5.78. The molecule has 0 aromatic heterocycles. The molecular weight excluding hydrogens is 362 g/mol. The van der Waals surface area contributed by atoms with Crippen molar-refractivity contribution in [3.05, 3.63) is 90.0 Å². The van der Waals surface area contributed by atoms with Gasteiger partial charge in [-0.05, 0) is 31.4 Å². The van der Waals surface area contributed by atoms with Gasteiger partial charge in [-0.15, -0.1) is 0 Å². The lowest BCUT2D eigenvalue weighted by atomic mass is 9.97. The lowest BCUT2D eigenvalue weighted by Crippen LogP contribution is -2.40. The summed E-state index contributed by atoms with van der Waals surface area (Å²) < 4.78 is 13.0. The molecule has 0 N–H and O–H groups in total. The van der Waals surface area contributed by atoms with Gasteiger partial charge in [-0.25, -0.2) is 0 Å². The second-order valence-corrected chi connectivity index (χ2v) is 7.58. The number of hydrogen-bond acceptors (Lipinski definition) is 4. The quantitative estimate of drug-likeness (QED) is 0.598. The van der Waals surface area contributed by atoms with Crippen molar-refractivity contribution in [2.45, 2.75) is 31.1 Å². The molecule has 1 atom stereocenters. The molecule has 2 heterocycles. The van der Waals surface area contributed by atoms with Crippen molar-refractivity contribution in [2.75, 3.05) is 11.4 Å². The van der Waals surface area contributed by atoms with E-state index in [4.69, 9.17) is 9.47 Å². The van der Waals surface area contributed by atoms with Crippen LogP contribution in [0.3, 0.4) is 0 Å². The summed E-state index contributed by atoms with van der Waals surface area (Å²) in [6, 6.07) is 25.9. The summed E-state index contributed by atoms with van der Waals surface area (Å²) in [6.45, 7) is 0.881. The Hall–Kier alpha value is -3.27. The van der Waals surface area contributed by atoms with Crippen LogP contribution in [0.15, 0.2) is 78.9 Å². The molecule has 29 heavy (non-hydrogen) atoms. The van der Waals surface area contributed by atoms with Crippen LogP contribution in [0.1, 0.15) is 30.4 Å². The van der Waals surface area contributed by atoms with E-state index >= 15 is 0 Å². The number of aldehydes is 1. The van der Waals surface area contributed by atoms with Gasteiger partial charge in [0.2, 0.25) is 0 Å². The first-order chi connectivity index (χ1) is 14.3. The molecule has 5 rings (SSSR count). The van der Waals surface area contributed by atoms with Gasteiger partial charge in [-0.1, -0.05) is 60.7 Å². The third-order valence-electron chi connectivity index (χ3n) is 5.78. The van der Waals surface area contributed by atoms with Gasteiger partial charge in [-0.3, -0.25) is 0 Å². The number of carbonyl (C=O) groups excluding carboxylic acids is 1. The maximum atomic E-state index is 11.6. The molecule has 146 valence electrons. The van der Waals surface area contributed by atoms with E-state index in [0.29, 0.717) is 11.5 Å². The molecule has 1 fully saturated rings. The fraction of sp³-hybridized carbons (Fsp3) is 0.240. The Balaban J connectivity index is 1.55. The lowest BCUT2D eigenvalue weighted by molar-refractivity contribution is -0.109. The summed E-state index contributed by atoms with van der Waals surface area (Å²) in [4.78, 5) is 13.7. The Morgan fingerprint density at radius 2 is 1.48 bits per heavy atom. The van der Waals surface area contributed by atoms with E-state index in [0.717, 1.165) is 48.9 Å². The molecule has 1 unspecified atom stereocenters. The van der Waals surface area contributed by atoms with Crippen LogP contribution >= 0.6 is 0 Å². The maximum absolute atomic E-state index is 11.6. The van der Waals surface area contributed by atoms with Crippen LogP contribution in [0.4, 0.5) is 5.69 Å². The van der Waals surface area contributed by atoms with E-state index in [1.807, 2.05) is 78.9 Å². The number of rotatable bonds is 4. The molecule has 2 aliphatic rings. The van der Waals surface area contributed by atoms with E-state index in [1.54, 1.807) is 0 Å². The fourth-order valence-corrected chi connectivity index (χ4v) is 4.31. The summed E-state index contributed by atoms with van der Waals surface area (Å²) in [7, 11) is 0. The van der Waals surface area contributed by atoms with Crippen molar-refractivity contribution in [1.29, 1.82) is 0 Å². The van der Waals surface area contributed by atoms with Crippen LogP contribution < -0.4 is 14.4 Å². The Morgan fingerprint density at radius 1 is 0.828 bits per heavy atom. The van der Waals surface area contributed by atoms with Gasteiger partial charge < -0.3 is 19.2 Å². The number of anilines is 1. The van der Waals surface area contributed by atoms with Gasteiger partial charge >= 0.3 is 5.79 Å². The van der Waals surface area contributed by atoms with Crippen molar-refractivity contribution < 1.29 is 14.3 Å². The molecule has 0 saturated carbocycles. The van der Waals surface area contributed by atoms with Crippen molar-refractivity contribution in [2.24, 2.45) is 0 Å². The molecule has 3 aromatic carbocycles. The smallest absolute Gasteiger partial charge is 0.305 e. The highest BCUT2D eigenvalue weighted by atomic mass is 16.7. The predicted octanol–water partition coefficient (Wildman–Crippen LogP) is 4.92. The van der Waals surface area contributed by atoms with E-state index < -0.39 is 5.79 Å². The Bertz CT molecular complexity index is 964. The van der Waals surface area contributed by atoms with Crippen LogP contribution in [-0.2, 0) is 10.6 Å². The summed E-state index contributed by atoms with van der Waals surface area (Å²) in [6.07, 6.45) is 4.14. The van der Waals surface area contributed by atoms with Crippen LogP contribution in [0, 0.1) is 0 Å². The van der Waals surface area contributed by atoms with Gasteiger partial charge in [0.25, 0.3) is 0 Å². The fourth-order valence-electron chi connectivity index (χ4n) is 4.31. The standard InChI is InChI=1S/C25H23NO3/c27-18-22-13-7-8-16-26(22)21-14-15-23-24(17-21)29-25(28-23,19-9-3-1-4-10-19)20-11-5-2-6-12-20/h1-6,9-12,14-15,17-18,22H,7-8,13,16H2. The zero-order valence-electron chi connectivity index (χ0n) is 16.2. The van der Waals surface area contributed by atoms with Crippen molar-refractivity contribution in [3.63, 3.8) is 0 Å². The number of fused-ring (bicyclic) bond motifs is 1. The first-order valence-corrected chi connectivity index (χ1v) is 10.2. The minimum atomic E-state index is -1.02. The summed E-state index contributed by atoms with van der Waals surface area (Å²) in [5, 5.41) is 0. The second-order valence-electron chi connectivity index (χ2n) is 7.58. The molecular formula is C25H23NO3. The molecule has 0 bridgehead atoms.